The zero-order valence-corrected chi connectivity index (χ0v) is 9.63. The number of phenols is 1. The Morgan fingerprint density at radius 1 is 1.39 bits per heavy atom. The average molecular weight is 243 g/mol. The van der Waals surface area contributed by atoms with E-state index in [-0.39, 0.29) is 17.2 Å². The Morgan fingerprint density at radius 2 is 2.22 bits per heavy atom. The van der Waals surface area contributed by atoms with Crippen LogP contribution in [0.25, 0.3) is 0 Å². The average Bonchev–Trinajstić information content (AvgIpc) is 2.40. The maximum absolute atomic E-state index is 11.9. The van der Waals surface area contributed by atoms with Crippen molar-refractivity contribution in [2.24, 2.45) is 0 Å². The van der Waals surface area contributed by atoms with Crippen molar-refractivity contribution >= 4 is 11.6 Å². The van der Waals surface area contributed by atoms with Gasteiger partial charge in [0.15, 0.2) is 0 Å². The van der Waals surface area contributed by atoms with Gasteiger partial charge < -0.3 is 16.2 Å². The number of nitrogens with one attached hydrogen (secondary N) is 1. The Hall–Kier alpha value is -2.56. The first-order chi connectivity index (χ1) is 8.66. The van der Waals surface area contributed by atoms with Crippen LogP contribution in [0.4, 0.5) is 5.69 Å². The van der Waals surface area contributed by atoms with Crippen LogP contribution in [0.3, 0.4) is 0 Å². The lowest BCUT2D eigenvalue weighted by Gasteiger charge is -2.07. The van der Waals surface area contributed by atoms with E-state index in [1.165, 1.54) is 18.2 Å². The van der Waals surface area contributed by atoms with Gasteiger partial charge in [-0.2, -0.15) is 0 Å². The molecule has 0 saturated carbocycles. The lowest BCUT2D eigenvalue weighted by Crippen LogP contribution is -2.23. The number of nitrogen functional groups attached to an aromatic ring is 1. The number of pyridine rings is 1. The molecule has 1 amide bonds. The normalized spacial score (nSPS) is 10.0. The molecule has 92 valence electrons. The molecule has 1 heterocycles. The highest BCUT2D eigenvalue weighted by molar-refractivity contribution is 5.99. The van der Waals surface area contributed by atoms with Crippen molar-refractivity contribution in [2.45, 2.75) is 6.54 Å². The van der Waals surface area contributed by atoms with E-state index in [1.807, 2.05) is 6.07 Å². The van der Waals surface area contributed by atoms with Crippen LogP contribution >= 0.6 is 0 Å². The number of phenolic OH excluding ortho intramolecular Hbond substituents is 1. The summed E-state index contributed by atoms with van der Waals surface area (Å²) in [5, 5.41) is 12.0. The first kappa shape index (κ1) is 11.9. The van der Waals surface area contributed by atoms with Crippen molar-refractivity contribution < 1.29 is 9.90 Å². The third-order valence-corrected chi connectivity index (χ3v) is 2.46. The lowest BCUT2D eigenvalue weighted by atomic mass is 10.1. The fourth-order valence-electron chi connectivity index (χ4n) is 1.52. The number of aromatic nitrogens is 1. The first-order valence-electron chi connectivity index (χ1n) is 5.42. The minimum absolute atomic E-state index is 0.00993. The number of nitrogens with two attached hydrogens (primary N) is 1. The van der Waals surface area contributed by atoms with Gasteiger partial charge in [-0.3, -0.25) is 9.78 Å². The number of amides is 1. The van der Waals surface area contributed by atoms with Gasteiger partial charge in [-0.1, -0.05) is 6.07 Å². The molecule has 0 radical (unpaired) electrons. The molecule has 4 N–H and O–H groups in total. The fourth-order valence-corrected chi connectivity index (χ4v) is 1.52. The van der Waals surface area contributed by atoms with Crippen LogP contribution in [0.5, 0.6) is 5.75 Å². The van der Waals surface area contributed by atoms with Crippen molar-refractivity contribution in [1.29, 1.82) is 0 Å². The Kier molecular flexibility index (Phi) is 3.43. The Bertz CT molecular complexity index is 555. The van der Waals surface area contributed by atoms with Crippen molar-refractivity contribution in [3.8, 4) is 5.75 Å². The topological polar surface area (TPSA) is 88.2 Å². The molecule has 0 fully saturated rings. The quantitative estimate of drug-likeness (QED) is 0.560. The van der Waals surface area contributed by atoms with E-state index in [0.29, 0.717) is 12.2 Å². The maximum atomic E-state index is 11.9. The summed E-state index contributed by atoms with van der Waals surface area (Å²) >= 11 is 0. The van der Waals surface area contributed by atoms with Gasteiger partial charge in [0, 0.05) is 24.6 Å². The number of rotatable bonds is 3. The van der Waals surface area contributed by atoms with E-state index in [9.17, 15) is 9.90 Å². The zero-order valence-electron chi connectivity index (χ0n) is 9.63. The summed E-state index contributed by atoms with van der Waals surface area (Å²) in [6.45, 7) is 0.363. The number of nitrogens with zero attached hydrogens (tertiary/aromatic N) is 1. The number of aromatic hydroxyl groups is 1. The van der Waals surface area contributed by atoms with E-state index in [4.69, 9.17) is 5.73 Å². The predicted molar refractivity (Wildman–Crippen MR) is 67.9 cm³/mol. The summed E-state index contributed by atoms with van der Waals surface area (Å²) in [7, 11) is 0. The number of hydrogen-bond donors (Lipinski definition) is 3. The molecule has 5 nitrogen and oxygen atoms in total. The molecule has 1 aromatic heterocycles. The molecular weight excluding hydrogens is 230 g/mol. The SMILES string of the molecule is Nc1ccc(O)cc1C(=O)NCc1cccnc1. The third-order valence-electron chi connectivity index (χ3n) is 2.46. The molecule has 0 unspecified atom stereocenters. The number of hydrogen-bond acceptors (Lipinski definition) is 4. The minimum atomic E-state index is -0.327. The van der Waals surface area contributed by atoms with Crippen molar-refractivity contribution in [1.82, 2.24) is 10.3 Å². The van der Waals surface area contributed by atoms with Gasteiger partial charge in [-0.05, 0) is 29.8 Å². The van der Waals surface area contributed by atoms with Gasteiger partial charge in [-0.25, -0.2) is 0 Å². The molecule has 2 rings (SSSR count). The smallest absolute Gasteiger partial charge is 0.253 e. The van der Waals surface area contributed by atoms with Gasteiger partial charge in [0.2, 0.25) is 0 Å². The molecule has 0 aliphatic rings. The van der Waals surface area contributed by atoms with Crippen LogP contribution in [0.1, 0.15) is 15.9 Å². The summed E-state index contributed by atoms with van der Waals surface area (Å²) in [5.41, 5.74) is 7.16. The second-order valence-electron chi connectivity index (χ2n) is 3.82. The number of carbonyl (C=O) groups is 1. The van der Waals surface area contributed by atoms with Crippen molar-refractivity contribution in [2.75, 3.05) is 5.73 Å². The highest BCUT2D eigenvalue weighted by atomic mass is 16.3. The van der Waals surface area contributed by atoms with Gasteiger partial charge in [0.1, 0.15) is 5.75 Å². The minimum Gasteiger partial charge on any atom is -0.508 e. The fraction of sp³-hybridized carbons (Fsp3) is 0.0769. The molecule has 0 bridgehead atoms. The molecule has 0 saturated heterocycles. The number of benzene rings is 1. The van der Waals surface area contributed by atoms with Gasteiger partial charge in [-0.15, -0.1) is 0 Å². The van der Waals surface area contributed by atoms with E-state index in [2.05, 4.69) is 10.3 Å². The van der Waals surface area contributed by atoms with Crippen LogP contribution < -0.4 is 11.1 Å². The van der Waals surface area contributed by atoms with Crippen LogP contribution in [0.15, 0.2) is 42.7 Å². The third kappa shape index (κ3) is 2.76. The molecule has 1 aromatic carbocycles. The van der Waals surface area contributed by atoms with E-state index >= 15 is 0 Å². The van der Waals surface area contributed by atoms with Crippen LogP contribution in [-0.2, 0) is 6.54 Å². The van der Waals surface area contributed by atoms with E-state index in [0.717, 1.165) is 5.56 Å². The van der Waals surface area contributed by atoms with Gasteiger partial charge in [0.25, 0.3) is 5.91 Å². The summed E-state index contributed by atoms with van der Waals surface area (Å²) < 4.78 is 0. The maximum Gasteiger partial charge on any atom is 0.253 e. The number of anilines is 1. The van der Waals surface area contributed by atoms with E-state index in [1.54, 1.807) is 18.5 Å². The Balaban J connectivity index is 2.06. The largest absolute Gasteiger partial charge is 0.508 e. The van der Waals surface area contributed by atoms with Crippen molar-refractivity contribution in [3.63, 3.8) is 0 Å². The lowest BCUT2D eigenvalue weighted by molar-refractivity contribution is 0.0951. The second kappa shape index (κ2) is 5.18. The Morgan fingerprint density at radius 3 is 2.94 bits per heavy atom. The summed E-state index contributed by atoms with van der Waals surface area (Å²) in [4.78, 5) is 15.8. The van der Waals surface area contributed by atoms with Gasteiger partial charge >= 0.3 is 0 Å². The predicted octanol–water partition coefficient (Wildman–Crippen LogP) is 1.30. The molecule has 0 spiro atoms. The molecule has 0 atom stereocenters. The Labute approximate surface area is 104 Å². The molecule has 2 aromatic rings. The second-order valence-corrected chi connectivity index (χ2v) is 3.82. The highest BCUT2D eigenvalue weighted by Gasteiger charge is 2.10. The first-order valence-corrected chi connectivity index (χ1v) is 5.42. The zero-order chi connectivity index (χ0) is 13.0. The highest BCUT2D eigenvalue weighted by Crippen LogP contribution is 2.18. The van der Waals surface area contributed by atoms with E-state index < -0.39 is 0 Å². The molecule has 18 heavy (non-hydrogen) atoms. The molecule has 0 aliphatic heterocycles. The summed E-state index contributed by atoms with van der Waals surface area (Å²) in [5.74, 6) is -0.317. The standard InChI is InChI=1S/C13H13N3O2/c14-12-4-3-10(17)6-11(12)13(18)16-8-9-2-1-5-15-7-9/h1-7,17H,8,14H2,(H,16,18). The molecular formula is C13H13N3O2. The van der Waals surface area contributed by atoms with Crippen molar-refractivity contribution in [3.05, 3.63) is 53.9 Å². The molecule has 5 heteroatoms. The molecule has 0 aliphatic carbocycles. The number of carbonyl (C=O) groups excluding carboxylic acids is 1. The van der Waals surface area contributed by atoms with Crippen LogP contribution in [-0.4, -0.2) is 16.0 Å². The van der Waals surface area contributed by atoms with Crippen LogP contribution in [0, 0.1) is 0 Å². The monoisotopic (exact) mass is 243 g/mol. The summed E-state index contributed by atoms with van der Waals surface area (Å²) in [6, 6.07) is 7.93. The summed E-state index contributed by atoms with van der Waals surface area (Å²) in [6.07, 6.45) is 3.34. The van der Waals surface area contributed by atoms with Gasteiger partial charge in [0.05, 0.1) is 5.56 Å². The van der Waals surface area contributed by atoms with Crippen LogP contribution in [0.2, 0.25) is 0 Å².